The van der Waals surface area contributed by atoms with Crippen molar-refractivity contribution in [2.24, 2.45) is 0 Å². The van der Waals surface area contributed by atoms with Crippen molar-refractivity contribution in [3.05, 3.63) is 82.2 Å². The van der Waals surface area contributed by atoms with Crippen LogP contribution in [0.5, 0.6) is 23.0 Å². The van der Waals surface area contributed by atoms with Gasteiger partial charge in [0.2, 0.25) is 5.43 Å². The van der Waals surface area contributed by atoms with E-state index in [1.54, 1.807) is 43.5 Å². The van der Waals surface area contributed by atoms with E-state index in [-0.39, 0.29) is 40.2 Å². The van der Waals surface area contributed by atoms with E-state index in [2.05, 4.69) is 0 Å². The van der Waals surface area contributed by atoms with Gasteiger partial charge in [0.1, 0.15) is 40.2 Å². The van der Waals surface area contributed by atoms with Gasteiger partial charge in [0, 0.05) is 17.5 Å². The third-order valence-corrected chi connectivity index (χ3v) is 5.67. The Labute approximate surface area is 182 Å². The molecule has 0 bridgehead atoms. The Balaban J connectivity index is 1.74. The van der Waals surface area contributed by atoms with E-state index < -0.39 is 17.3 Å². The molecule has 7 heteroatoms. The molecule has 0 aliphatic carbocycles. The molecule has 1 aliphatic heterocycles. The third-order valence-electron chi connectivity index (χ3n) is 5.67. The first-order valence-electron chi connectivity index (χ1n) is 9.91. The fraction of sp³-hybridized carbons (Fsp3) is 0.120. The van der Waals surface area contributed by atoms with Crippen molar-refractivity contribution in [3.8, 4) is 34.1 Å². The van der Waals surface area contributed by atoms with Gasteiger partial charge in [0.25, 0.3) is 0 Å². The zero-order chi connectivity index (χ0) is 22.4. The van der Waals surface area contributed by atoms with Crippen LogP contribution >= 0.6 is 0 Å². The molecule has 4 aromatic rings. The Morgan fingerprint density at radius 1 is 1.00 bits per heavy atom. The van der Waals surface area contributed by atoms with E-state index in [1.807, 2.05) is 0 Å². The number of phenols is 2. The monoisotopic (exact) mass is 430 g/mol. The molecular formula is C25H18O7. The molecule has 2 N–H and O–H groups in total. The predicted molar refractivity (Wildman–Crippen MR) is 116 cm³/mol. The highest BCUT2D eigenvalue weighted by molar-refractivity contribution is 5.94. The molecule has 7 nitrogen and oxygen atoms in total. The molecule has 1 atom stereocenters. The second-order valence-corrected chi connectivity index (χ2v) is 7.54. The number of fused-ring (bicyclic) bond motifs is 3. The molecule has 0 radical (unpaired) electrons. The molecule has 0 spiro atoms. The van der Waals surface area contributed by atoms with Crippen LogP contribution in [0.15, 0.2) is 70.1 Å². The summed E-state index contributed by atoms with van der Waals surface area (Å²) in [4.78, 5) is 25.6. The van der Waals surface area contributed by atoms with Gasteiger partial charge in [-0.2, -0.15) is 0 Å². The summed E-state index contributed by atoms with van der Waals surface area (Å²) >= 11 is 0. The predicted octanol–water partition coefficient (Wildman–Crippen LogP) is 4.32. The van der Waals surface area contributed by atoms with Crippen LogP contribution in [0.2, 0.25) is 0 Å². The summed E-state index contributed by atoms with van der Waals surface area (Å²) in [5.74, 6) is -0.379. The largest absolute Gasteiger partial charge is 0.508 e. The van der Waals surface area contributed by atoms with Crippen LogP contribution in [0.1, 0.15) is 23.5 Å². The molecule has 1 aromatic heterocycles. The van der Waals surface area contributed by atoms with Crippen LogP contribution in [0.4, 0.5) is 0 Å². The summed E-state index contributed by atoms with van der Waals surface area (Å²) in [6.45, 7) is 0. The molecule has 2 heterocycles. The maximum absolute atomic E-state index is 13.4. The van der Waals surface area contributed by atoms with Gasteiger partial charge in [-0.1, -0.05) is 24.3 Å². The van der Waals surface area contributed by atoms with E-state index in [1.165, 1.54) is 24.5 Å². The Kier molecular flexibility index (Phi) is 4.59. The van der Waals surface area contributed by atoms with Crippen LogP contribution in [0, 0.1) is 0 Å². The summed E-state index contributed by atoms with van der Waals surface area (Å²) in [5.41, 5.74) is 1.89. The zero-order valence-electron chi connectivity index (χ0n) is 17.0. The molecule has 0 fully saturated rings. The minimum atomic E-state index is -0.468. The number of phenolic OH excluding ortho intramolecular Hbond substituents is 2. The molecule has 5 rings (SSSR count). The molecule has 0 amide bonds. The number of hydrogen-bond acceptors (Lipinski definition) is 7. The lowest BCUT2D eigenvalue weighted by molar-refractivity contribution is -0.135. The van der Waals surface area contributed by atoms with Crippen molar-refractivity contribution in [1.29, 1.82) is 0 Å². The van der Waals surface area contributed by atoms with Gasteiger partial charge in [-0.25, -0.2) is 0 Å². The van der Waals surface area contributed by atoms with Gasteiger partial charge in [-0.05, 0) is 35.4 Å². The number of aromatic hydroxyl groups is 2. The van der Waals surface area contributed by atoms with Gasteiger partial charge in [-0.15, -0.1) is 0 Å². The van der Waals surface area contributed by atoms with Crippen LogP contribution < -0.4 is 14.9 Å². The van der Waals surface area contributed by atoms with E-state index in [0.717, 1.165) is 5.56 Å². The lowest BCUT2D eigenvalue weighted by Gasteiger charge is -2.26. The minimum absolute atomic E-state index is 0.0128. The lowest BCUT2D eigenvalue weighted by Crippen LogP contribution is -2.22. The maximum Gasteiger partial charge on any atom is 0.312 e. The van der Waals surface area contributed by atoms with Gasteiger partial charge in [0.15, 0.2) is 0 Å². The average molecular weight is 430 g/mol. The van der Waals surface area contributed by atoms with Crippen LogP contribution in [-0.2, 0) is 4.79 Å². The molecule has 160 valence electrons. The first kappa shape index (κ1) is 19.7. The summed E-state index contributed by atoms with van der Waals surface area (Å²) in [5, 5.41) is 20.3. The highest BCUT2D eigenvalue weighted by Gasteiger charge is 2.33. The fourth-order valence-electron chi connectivity index (χ4n) is 4.09. The highest BCUT2D eigenvalue weighted by atomic mass is 16.5. The van der Waals surface area contributed by atoms with Crippen molar-refractivity contribution < 1.29 is 28.9 Å². The van der Waals surface area contributed by atoms with Gasteiger partial charge in [0.05, 0.1) is 19.1 Å². The molecule has 0 unspecified atom stereocenters. The van der Waals surface area contributed by atoms with Crippen LogP contribution in [0.25, 0.3) is 22.1 Å². The van der Waals surface area contributed by atoms with E-state index >= 15 is 0 Å². The van der Waals surface area contributed by atoms with Gasteiger partial charge >= 0.3 is 5.97 Å². The second kappa shape index (κ2) is 7.46. The maximum atomic E-state index is 13.4. The zero-order valence-corrected chi connectivity index (χ0v) is 17.0. The Morgan fingerprint density at radius 2 is 1.72 bits per heavy atom. The first-order valence-corrected chi connectivity index (χ1v) is 9.91. The fourth-order valence-corrected chi connectivity index (χ4v) is 4.09. The molecule has 0 saturated heterocycles. The van der Waals surface area contributed by atoms with E-state index in [9.17, 15) is 19.8 Å². The number of hydrogen-bond donors (Lipinski definition) is 2. The van der Waals surface area contributed by atoms with Crippen LogP contribution in [0.3, 0.4) is 0 Å². The minimum Gasteiger partial charge on any atom is -0.508 e. The van der Waals surface area contributed by atoms with Crippen molar-refractivity contribution in [2.45, 2.75) is 12.3 Å². The quantitative estimate of drug-likeness (QED) is 0.368. The molecule has 0 saturated carbocycles. The van der Waals surface area contributed by atoms with Crippen molar-refractivity contribution in [3.63, 3.8) is 0 Å². The highest BCUT2D eigenvalue weighted by Crippen LogP contribution is 2.45. The summed E-state index contributed by atoms with van der Waals surface area (Å²) in [6.07, 6.45) is 1.37. The lowest BCUT2D eigenvalue weighted by atomic mass is 9.85. The summed E-state index contributed by atoms with van der Waals surface area (Å²) < 4.78 is 16.4. The van der Waals surface area contributed by atoms with Crippen LogP contribution in [-0.4, -0.2) is 23.3 Å². The third kappa shape index (κ3) is 3.15. The molecule has 32 heavy (non-hydrogen) atoms. The van der Waals surface area contributed by atoms with Crippen molar-refractivity contribution >= 4 is 16.9 Å². The first-order chi connectivity index (χ1) is 15.5. The van der Waals surface area contributed by atoms with Crippen molar-refractivity contribution in [2.75, 3.05) is 7.11 Å². The number of carbonyl (C=O) groups is 1. The number of carbonyl (C=O) groups excluding carboxylic acids is 1. The standard InChI is InChI=1S/C25H18O7/c1-30-16-8-4-14(5-9-16)18-12-31-25-22-17(13-2-6-15(26)7-3-13)10-21(28)32-20(22)11-19(27)23(25)24(18)29/h2-9,11-12,17,26-27H,10H2,1H3/t17-/m0/s1. The molecule has 1 aliphatic rings. The topological polar surface area (TPSA) is 106 Å². The second-order valence-electron chi connectivity index (χ2n) is 7.54. The SMILES string of the molecule is COc1ccc(-c2coc3c4c(cc(O)c3c2=O)OC(=O)C[C@H]4c2ccc(O)cc2)cc1. The number of ether oxygens (including phenoxy) is 2. The van der Waals surface area contributed by atoms with Gasteiger partial charge < -0.3 is 24.1 Å². The van der Waals surface area contributed by atoms with Crippen molar-refractivity contribution in [1.82, 2.24) is 0 Å². The van der Waals surface area contributed by atoms with E-state index in [4.69, 9.17) is 13.9 Å². The Hall–Kier alpha value is -4.26. The number of rotatable bonds is 3. The Morgan fingerprint density at radius 3 is 2.41 bits per heavy atom. The summed E-state index contributed by atoms with van der Waals surface area (Å²) in [6, 6.07) is 14.6. The average Bonchev–Trinajstić information content (AvgIpc) is 2.79. The Bertz CT molecular complexity index is 1400. The summed E-state index contributed by atoms with van der Waals surface area (Å²) in [7, 11) is 1.55. The smallest absolute Gasteiger partial charge is 0.312 e. The van der Waals surface area contributed by atoms with E-state index in [0.29, 0.717) is 16.9 Å². The number of benzene rings is 3. The number of methoxy groups -OCH3 is 1. The number of esters is 1. The molecule has 3 aromatic carbocycles. The normalized spacial score (nSPS) is 15.3. The molecular weight excluding hydrogens is 412 g/mol. The van der Waals surface area contributed by atoms with Gasteiger partial charge in [-0.3, -0.25) is 9.59 Å².